The van der Waals surface area contributed by atoms with Gasteiger partial charge in [0.05, 0.1) is 5.69 Å². The number of anilines is 1. The Morgan fingerprint density at radius 2 is 1.94 bits per heavy atom. The number of aliphatic carboxylic acids is 1. The van der Waals surface area contributed by atoms with Crippen LogP contribution in [0.15, 0.2) is 0 Å². The molecule has 0 aliphatic heterocycles. The van der Waals surface area contributed by atoms with Crippen molar-refractivity contribution in [3.8, 4) is 0 Å². The third-order valence-electron chi connectivity index (χ3n) is 3.12. The predicted molar refractivity (Wildman–Crippen MR) is 66.6 cm³/mol. The highest BCUT2D eigenvalue weighted by molar-refractivity contribution is 6.00. The number of amides is 1. The van der Waals surface area contributed by atoms with Gasteiger partial charge in [-0.3, -0.25) is 9.48 Å². The molecule has 1 aromatic rings. The average molecular weight is 254 g/mol. The molecule has 7 nitrogen and oxygen atoms in total. The number of aryl methyl sites for hydroxylation is 2. The first-order valence-electron chi connectivity index (χ1n) is 5.41. The normalized spacial score (nSPS) is 11.4. The van der Waals surface area contributed by atoms with E-state index in [1.54, 1.807) is 34.9 Å². The van der Waals surface area contributed by atoms with Gasteiger partial charge in [0.2, 0.25) is 0 Å². The topological polar surface area (TPSA) is 101 Å². The van der Waals surface area contributed by atoms with E-state index < -0.39 is 17.4 Å². The highest BCUT2D eigenvalue weighted by atomic mass is 16.4. The summed E-state index contributed by atoms with van der Waals surface area (Å²) in [5, 5.41) is 13.3. The highest BCUT2D eigenvalue weighted by Crippen LogP contribution is 2.27. The first-order chi connectivity index (χ1) is 8.10. The number of likely N-dealkylation sites (N-methyl/N-ethyl adjacent to an activating group) is 1. The molecule has 1 aromatic heterocycles. The van der Waals surface area contributed by atoms with Gasteiger partial charge in [-0.05, 0) is 20.8 Å². The molecular formula is C11H18N4O3. The first-order valence-corrected chi connectivity index (χ1v) is 5.41. The molecule has 0 aliphatic rings. The molecule has 3 N–H and O–H groups in total. The summed E-state index contributed by atoms with van der Waals surface area (Å²) in [4.78, 5) is 24.2. The zero-order valence-corrected chi connectivity index (χ0v) is 11.2. The standard InChI is InChI=1S/C11H18N4O3/c1-6-7(8(12)16)9(15(5)13-6)14(4)11(2,3)10(17)18/h1-5H3,(H2,12,16)(H,17,18). The lowest BCUT2D eigenvalue weighted by molar-refractivity contribution is -0.142. The van der Waals surface area contributed by atoms with Crippen molar-refractivity contribution in [2.45, 2.75) is 26.3 Å². The average Bonchev–Trinajstić information content (AvgIpc) is 2.51. The molecular weight excluding hydrogens is 236 g/mol. The smallest absolute Gasteiger partial charge is 0.328 e. The Balaban J connectivity index is 3.42. The Morgan fingerprint density at radius 1 is 1.44 bits per heavy atom. The number of rotatable bonds is 4. The van der Waals surface area contributed by atoms with Crippen LogP contribution in [0, 0.1) is 6.92 Å². The van der Waals surface area contributed by atoms with Gasteiger partial charge in [-0.15, -0.1) is 0 Å². The quantitative estimate of drug-likeness (QED) is 0.795. The summed E-state index contributed by atoms with van der Waals surface area (Å²) in [5.41, 5.74) is 4.87. The van der Waals surface area contributed by atoms with E-state index in [9.17, 15) is 14.7 Å². The van der Waals surface area contributed by atoms with Crippen LogP contribution in [0.1, 0.15) is 29.9 Å². The van der Waals surface area contributed by atoms with Crippen LogP contribution in [0.5, 0.6) is 0 Å². The third-order valence-corrected chi connectivity index (χ3v) is 3.12. The highest BCUT2D eigenvalue weighted by Gasteiger charge is 2.36. The minimum absolute atomic E-state index is 0.245. The maximum atomic E-state index is 11.5. The van der Waals surface area contributed by atoms with Crippen molar-refractivity contribution in [2.75, 3.05) is 11.9 Å². The largest absolute Gasteiger partial charge is 0.480 e. The van der Waals surface area contributed by atoms with Gasteiger partial charge in [-0.1, -0.05) is 0 Å². The van der Waals surface area contributed by atoms with Crippen LogP contribution >= 0.6 is 0 Å². The summed E-state index contributed by atoms with van der Waals surface area (Å²) in [6.07, 6.45) is 0. The van der Waals surface area contributed by atoms with Crippen molar-refractivity contribution in [1.29, 1.82) is 0 Å². The molecule has 0 aromatic carbocycles. The molecule has 18 heavy (non-hydrogen) atoms. The Morgan fingerprint density at radius 3 is 2.33 bits per heavy atom. The van der Waals surface area contributed by atoms with Crippen molar-refractivity contribution in [1.82, 2.24) is 9.78 Å². The van der Waals surface area contributed by atoms with Crippen LogP contribution < -0.4 is 10.6 Å². The van der Waals surface area contributed by atoms with Crippen LogP contribution in [0.2, 0.25) is 0 Å². The first kappa shape index (κ1) is 14.0. The second-order valence-corrected chi connectivity index (χ2v) is 4.70. The molecule has 0 saturated heterocycles. The number of carboxylic acids is 1. The monoisotopic (exact) mass is 254 g/mol. The molecule has 0 spiro atoms. The number of nitrogens with zero attached hydrogens (tertiary/aromatic N) is 3. The summed E-state index contributed by atoms with van der Waals surface area (Å²) < 4.78 is 1.46. The summed E-state index contributed by atoms with van der Waals surface area (Å²) >= 11 is 0. The Hall–Kier alpha value is -2.05. The summed E-state index contributed by atoms with van der Waals surface area (Å²) in [6, 6.07) is 0. The van der Waals surface area contributed by atoms with Crippen LogP contribution in [0.3, 0.4) is 0 Å². The Kier molecular flexibility index (Phi) is 3.36. The number of carbonyl (C=O) groups is 2. The van der Waals surface area contributed by atoms with E-state index in [0.29, 0.717) is 11.5 Å². The van der Waals surface area contributed by atoms with Gasteiger partial charge < -0.3 is 15.7 Å². The van der Waals surface area contributed by atoms with Crippen LogP contribution in [0.4, 0.5) is 5.82 Å². The van der Waals surface area contributed by atoms with Gasteiger partial charge in [0.15, 0.2) is 0 Å². The van der Waals surface area contributed by atoms with E-state index in [4.69, 9.17) is 5.73 Å². The Bertz CT molecular complexity index is 505. The van der Waals surface area contributed by atoms with E-state index in [1.165, 1.54) is 9.58 Å². The fourth-order valence-corrected chi connectivity index (χ4v) is 1.73. The minimum atomic E-state index is -1.18. The predicted octanol–water partition coefficient (Wildman–Crippen LogP) is 0.127. The molecule has 0 bridgehead atoms. The van der Waals surface area contributed by atoms with Gasteiger partial charge in [-0.25, -0.2) is 4.79 Å². The van der Waals surface area contributed by atoms with Gasteiger partial charge in [0.25, 0.3) is 5.91 Å². The number of hydrogen-bond donors (Lipinski definition) is 2. The van der Waals surface area contributed by atoms with E-state index in [2.05, 4.69) is 5.10 Å². The lowest BCUT2D eigenvalue weighted by Crippen LogP contribution is -2.49. The van der Waals surface area contributed by atoms with Crippen molar-refractivity contribution in [2.24, 2.45) is 12.8 Å². The van der Waals surface area contributed by atoms with Gasteiger partial charge in [-0.2, -0.15) is 5.10 Å². The third kappa shape index (κ3) is 2.03. The van der Waals surface area contributed by atoms with Crippen LogP contribution in [0.25, 0.3) is 0 Å². The number of carbonyl (C=O) groups excluding carboxylic acids is 1. The molecule has 100 valence electrons. The Labute approximate surface area is 105 Å². The second-order valence-electron chi connectivity index (χ2n) is 4.70. The zero-order valence-electron chi connectivity index (χ0n) is 11.2. The van der Waals surface area contributed by atoms with E-state index in [1.807, 2.05) is 0 Å². The number of carboxylic acid groups (broad SMARTS) is 1. The minimum Gasteiger partial charge on any atom is -0.480 e. The molecule has 0 saturated carbocycles. The molecule has 7 heteroatoms. The number of hydrogen-bond acceptors (Lipinski definition) is 4. The second kappa shape index (κ2) is 4.32. The maximum absolute atomic E-state index is 11.5. The summed E-state index contributed by atoms with van der Waals surface area (Å²) in [6.45, 7) is 4.75. The van der Waals surface area contributed by atoms with E-state index in [0.717, 1.165) is 0 Å². The zero-order chi connectivity index (χ0) is 14.2. The number of aromatic nitrogens is 2. The van der Waals surface area contributed by atoms with Crippen molar-refractivity contribution < 1.29 is 14.7 Å². The molecule has 1 rings (SSSR count). The lowest BCUT2D eigenvalue weighted by Gasteiger charge is -2.33. The van der Waals surface area contributed by atoms with E-state index >= 15 is 0 Å². The van der Waals surface area contributed by atoms with Crippen LogP contribution in [-0.4, -0.2) is 39.4 Å². The van der Waals surface area contributed by atoms with Gasteiger partial charge in [0, 0.05) is 14.1 Å². The molecule has 1 amide bonds. The summed E-state index contributed by atoms with van der Waals surface area (Å²) in [5.74, 6) is -1.23. The molecule has 0 atom stereocenters. The van der Waals surface area contributed by atoms with Gasteiger partial charge >= 0.3 is 5.97 Å². The number of primary amides is 1. The SMILES string of the molecule is Cc1nn(C)c(N(C)C(C)(C)C(=O)O)c1C(N)=O. The summed E-state index contributed by atoms with van der Waals surface area (Å²) in [7, 11) is 3.24. The van der Waals surface area contributed by atoms with Crippen LogP contribution in [-0.2, 0) is 11.8 Å². The molecule has 0 radical (unpaired) electrons. The lowest BCUT2D eigenvalue weighted by atomic mass is 10.0. The van der Waals surface area contributed by atoms with E-state index in [-0.39, 0.29) is 5.56 Å². The molecule has 1 heterocycles. The van der Waals surface area contributed by atoms with Crippen molar-refractivity contribution in [3.05, 3.63) is 11.3 Å². The fraction of sp³-hybridized carbons (Fsp3) is 0.545. The molecule has 0 aliphatic carbocycles. The number of nitrogens with two attached hydrogens (primary N) is 1. The fourth-order valence-electron chi connectivity index (χ4n) is 1.73. The maximum Gasteiger partial charge on any atom is 0.328 e. The molecule has 0 unspecified atom stereocenters. The van der Waals surface area contributed by atoms with Gasteiger partial charge in [0.1, 0.15) is 16.9 Å². The van der Waals surface area contributed by atoms with Crippen molar-refractivity contribution in [3.63, 3.8) is 0 Å². The molecule has 0 fully saturated rings. The van der Waals surface area contributed by atoms with Crippen molar-refractivity contribution >= 4 is 17.7 Å².